The normalized spacial score (nSPS) is 10.0. The van der Waals surface area contributed by atoms with Crippen molar-refractivity contribution >= 4 is 23.0 Å². The molecule has 0 heterocycles. The molecule has 37 valence electrons. The number of rotatable bonds is 2. The molecule has 0 saturated heterocycles. The van der Waals surface area contributed by atoms with Crippen molar-refractivity contribution in [2.24, 2.45) is 0 Å². The van der Waals surface area contributed by atoms with E-state index in [0.717, 1.165) is 3.86 Å². The molecule has 6 heavy (non-hydrogen) atoms. The second-order valence-electron chi connectivity index (χ2n) is 1.51. The van der Waals surface area contributed by atoms with Crippen molar-refractivity contribution in [3.8, 4) is 0 Å². The second kappa shape index (κ2) is 3.99. The molecule has 0 aromatic rings. The van der Waals surface area contributed by atoms with Gasteiger partial charge in [-0.05, 0) is 0 Å². The van der Waals surface area contributed by atoms with Crippen LogP contribution < -0.4 is 0 Å². The first-order valence-corrected chi connectivity index (χ1v) is 4.17. The van der Waals surface area contributed by atoms with Crippen molar-refractivity contribution in [1.82, 2.24) is 0 Å². The molecule has 0 bridgehead atoms. The van der Waals surface area contributed by atoms with E-state index in [9.17, 15) is 0 Å². The minimum absolute atomic E-state index is 1.03. The Morgan fingerprint density at radius 2 is 1.67 bits per heavy atom. The fourth-order valence-electron chi connectivity index (χ4n) is 0.289. The zero-order valence-electron chi connectivity index (χ0n) is 4.49. The second-order valence-corrected chi connectivity index (χ2v) is 3.84. The molecule has 0 aliphatic rings. The van der Waals surface area contributed by atoms with Crippen molar-refractivity contribution in [2.45, 2.75) is 30.6 Å². The summed E-state index contributed by atoms with van der Waals surface area (Å²) in [6, 6.07) is 0. The summed E-state index contributed by atoms with van der Waals surface area (Å²) in [5.41, 5.74) is 0. The summed E-state index contributed by atoms with van der Waals surface area (Å²) in [6.45, 7) is 4.51. The Morgan fingerprint density at radius 3 is 1.67 bits per heavy atom. The van der Waals surface area contributed by atoms with Gasteiger partial charge in [0.15, 0.2) is 0 Å². The summed E-state index contributed by atoms with van der Waals surface area (Å²) >= 11 is 1.70. The quantitative estimate of drug-likeness (QED) is 0.584. The molecule has 0 saturated carbocycles. The van der Waals surface area contributed by atoms with Crippen molar-refractivity contribution in [3.63, 3.8) is 0 Å². The van der Waals surface area contributed by atoms with Gasteiger partial charge in [-0.15, -0.1) is 0 Å². The molecule has 0 atom stereocenters. The molecule has 0 rings (SSSR count). The van der Waals surface area contributed by atoms with Gasteiger partial charge in [-0.3, -0.25) is 0 Å². The van der Waals surface area contributed by atoms with Crippen LogP contribution >= 0.6 is 0 Å². The third kappa shape index (κ3) is 3.03. The SMILES string of the molecule is CC[CH]([SbH])CC. The molecule has 0 aliphatic carbocycles. The zero-order valence-corrected chi connectivity index (χ0v) is 7.35. The fraction of sp³-hybridized carbons (Fsp3) is 1.00. The predicted molar refractivity (Wildman–Crippen MR) is 31.5 cm³/mol. The molecule has 1 radical (unpaired) electrons. The van der Waals surface area contributed by atoms with E-state index in [1.807, 2.05) is 0 Å². The molecule has 0 aromatic carbocycles. The average molecular weight is 194 g/mol. The monoisotopic (exact) mass is 193 g/mol. The Labute approximate surface area is 53.8 Å². The van der Waals surface area contributed by atoms with E-state index < -0.39 is 0 Å². The van der Waals surface area contributed by atoms with Crippen LogP contribution in [0.2, 0.25) is 3.86 Å². The molecule has 0 nitrogen and oxygen atoms in total. The molecule has 0 aromatic heterocycles. The van der Waals surface area contributed by atoms with Crippen LogP contribution in [0.15, 0.2) is 0 Å². The van der Waals surface area contributed by atoms with Gasteiger partial charge in [-0.1, -0.05) is 0 Å². The van der Waals surface area contributed by atoms with Crippen LogP contribution in [0.5, 0.6) is 0 Å². The average Bonchev–Trinajstić information content (AvgIpc) is 1.65. The summed E-state index contributed by atoms with van der Waals surface area (Å²) in [4.78, 5) is 0. The Kier molecular flexibility index (Phi) is 4.53. The van der Waals surface area contributed by atoms with E-state index >= 15 is 0 Å². The van der Waals surface area contributed by atoms with Gasteiger partial charge in [0.05, 0.1) is 0 Å². The summed E-state index contributed by atoms with van der Waals surface area (Å²) in [5.74, 6) is 0. The summed E-state index contributed by atoms with van der Waals surface area (Å²) < 4.78 is 1.03. The molecule has 1 heteroatoms. The van der Waals surface area contributed by atoms with Gasteiger partial charge in [-0.2, -0.15) is 0 Å². The van der Waals surface area contributed by atoms with Gasteiger partial charge >= 0.3 is 53.6 Å². The van der Waals surface area contributed by atoms with Gasteiger partial charge in [0.25, 0.3) is 0 Å². The first-order valence-electron chi connectivity index (χ1n) is 2.52. The molecule has 0 aliphatic heterocycles. The maximum atomic E-state index is 2.25. The molecule has 0 spiro atoms. The first kappa shape index (κ1) is 6.82. The predicted octanol–water partition coefficient (Wildman–Crippen LogP) is 1.50. The van der Waals surface area contributed by atoms with Crippen molar-refractivity contribution in [1.29, 1.82) is 0 Å². The Hall–Kier alpha value is 0.818. The van der Waals surface area contributed by atoms with E-state index in [1.165, 1.54) is 12.8 Å². The molecule has 0 N–H and O–H groups in total. The first-order chi connectivity index (χ1) is 2.81. The molecule has 0 fully saturated rings. The van der Waals surface area contributed by atoms with Crippen LogP contribution in [-0.2, 0) is 0 Å². The van der Waals surface area contributed by atoms with Crippen LogP contribution in [0, 0.1) is 0 Å². The van der Waals surface area contributed by atoms with E-state index in [0.29, 0.717) is 0 Å². The van der Waals surface area contributed by atoms with Crippen molar-refractivity contribution < 1.29 is 0 Å². The van der Waals surface area contributed by atoms with Crippen LogP contribution in [0.3, 0.4) is 0 Å². The van der Waals surface area contributed by atoms with Crippen molar-refractivity contribution in [2.75, 3.05) is 0 Å². The maximum absolute atomic E-state index is 2.25. The Bertz CT molecular complexity index is 23.1. The Balaban J connectivity index is 2.75. The standard InChI is InChI=1S/C5H11.Sb.H/c1-3-5-4-2;;/h5H,3-4H2,1-2H3;;. The topological polar surface area (TPSA) is 0 Å². The van der Waals surface area contributed by atoms with E-state index in [4.69, 9.17) is 0 Å². The molecular formula is C5H12Sb. The summed E-state index contributed by atoms with van der Waals surface area (Å²) in [7, 11) is 0. The number of hydrogen-bond acceptors (Lipinski definition) is 0. The van der Waals surface area contributed by atoms with E-state index in [2.05, 4.69) is 13.8 Å². The van der Waals surface area contributed by atoms with Gasteiger partial charge in [-0.25, -0.2) is 0 Å². The van der Waals surface area contributed by atoms with Crippen LogP contribution in [0.25, 0.3) is 0 Å². The van der Waals surface area contributed by atoms with Gasteiger partial charge in [0.1, 0.15) is 0 Å². The third-order valence-corrected chi connectivity index (χ3v) is 3.32. The van der Waals surface area contributed by atoms with Gasteiger partial charge in [0, 0.05) is 0 Å². The van der Waals surface area contributed by atoms with Gasteiger partial charge in [0.2, 0.25) is 0 Å². The summed E-state index contributed by atoms with van der Waals surface area (Å²) in [6.07, 6.45) is 2.74. The number of hydrogen-bond donors (Lipinski definition) is 0. The van der Waals surface area contributed by atoms with Gasteiger partial charge < -0.3 is 0 Å². The van der Waals surface area contributed by atoms with Crippen LogP contribution in [-0.4, -0.2) is 23.0 Å². The fourth-order valence-corrected chi connectivity index (χ4v) is 0.289. The zero-order chi connectivity index (χ0) is 4.99. The van der Waals surface area contributed by atoms with Crippen LogP contribution in [0.1, 0.15) is 26.7 Å². The van der Waals surface area contributed by atoms with Crippen molar-refractivity contribution in [3.05, 3.63) is 0 Å². The molecule has 0 unspecified atom stereocenters. The van der Waals surface area contributed by atoms with E-state index in [1.54, 1.807) is 23.0 Å². The minimum atomic E-state index is 1.03. The summed E-state index contributed by atoms with van der Waals surface area (Å²) in [5, 5.41) is 0. The van der Waals surface area contributed by atoms with Crippen LogP contribution in [0.4, 0.5) is 0 Å². The molecule has 0 amide bonds. The van der Waals surface area contributed by atoms with E-state index in [-0.39, 0.29) is 0 Å². The molecular weight excluding hydrogens is 182 g/mol. The third-order valence-electron chi connectivity index (χ3n) is 0.986. The Morgan fingerprint density at radius 1 is 1.33 bits per heavy atom.